The smallest absolute Gasteiger partial charge is 0.252 e. The molecule has 9 heteroatoms. The Balaban J connectivity index is 2.56. The minimum atomic E-state index is -0.802. The first-order valence-corrected chi connectivity index (χ1v) is 11.7. The monoisotopic (exact) mass is 496 g/mol. The van der Waals surface area contributed by atoms with Gasteiger partial charge < -0.3 is 31.7 Å². The molecule has 2 aromatic rings. The Morgan fingerprint density at radius 3 is 2.53 bits per heavy atom. The number of benzene rings is 1. The maximum absolute atomic E-state index is 14.7. The van der Waals surface area contributed by atoms with Gasteiger partial charge in [-0.25, -0.2) is 9.37 Å². The second-order valence-corrected chi connectivity index (χ2v) is 8.95. The third kappa shape index (κ3) is 7.42. The summed E-state index contributed by atoms with van der Waals surface area (Å²) in [4.78, 5) is 18.4. The van der Waals surface area contributed by atoms with Crippen molar-refractivity contribution in [3.8, 4) is 0 Å². The van der Waals surface area contributed by atoms with Crippen molar-refractivity contribution in [2.75, 3.05) is 43.3 Å². The molecule has 0 saturated heterocycles. The third-order valence-electron chi connectivity index (χ3n) is 5.71. The molecule has 0 aliphatic carbocycles. The van der Waals surface area contributed by atoms with Crippen LogP contribution in [0.2, 0.25) is 0 Å². The van der Waals surface area contributed by atoms with Crippen molar-refractivity contribution in [2.24, 2.45) is 11.5 Å². The van der Waals surface area contributed by atoms with E-state index in [1.54, 1.807) is 14.0 Å². The fraction of sp³-hybridized carbons (Fsp3) is 0.370. The summed E-state index contributed by atoms with van der Waals surface area (Å²) in [6.07, 6.45) is 2.79. The van der Waals surface area contributed by atoms with Crippen LogP contribution in [0.4, 0.5) is 27.4 Å². The van der Waals surface area contributed by atoms with E-state index in [4.69, 9.17) is 16.2 Å². The number of methoxy groups -OCH3 is 1. The average molecular weight is 497 g/mol. The summed E-state index contributed by atoms with van der Waals surface area (Å²) in [6, 6.07) is 6.24. The number of hydrogen-bond donors (Lipinski definition) is 4. The summed E-state index contributed by atoms with van der Waals surface area (Å²) >= 11 is 0. The number of ether oxygens (including phenoxy) is 1. The molecule has 0 radical (unpaired) electrons. The highest BCUT2D eigenvalue weighted by Crippen LogP contribution is 2.32. The highest BCUT2D eigenvalue weighted by atomic mass is 19.1. The Morgan fingerprint density at radius 2 is 1.97 bits per heavy atom. The van der Waals surface area contributed by atoms with Crippen molar-refractivity contribution < 1.29 is 13.9 Å². The van der Waals surface area contributed by atoms with Crippen molar-refractivity contribution in [1.29, 1.82) is 0 Å². The van der Waals surface area contributed by atoms with E-state index in [9.17, 15) is 9.18 Å². The number of nitrogens with zero attached hydrogens (tertiary/aromatic N) is 2. The van der Waals surface area contributed by atoms with Gasteiger partial charge in [-0.1, -0.05) is 12.2 Å². The zero-order chi connectivity index (χ0) is 27.0. The second kappa shape index (κ2) is 12.9. The number of carbonyl (C=O) groups is 1. The first kappa shape index (κ1) is 28.6. The van der Waals surface area contributed by atoms with Crippen molar-refractivity contribution in [2.45, 2.75) is 39.3 Å². The lowest BCUT2D eigenvalue weighted by atomic mass is 10.00. The molecule has 1 amide bonds. The fourth-order valence-electron chi connectivity index (χ4n) is 3.38. The summed E-state index contributed by atoms with van der Waals surface area (Å²) in [5.74, 6) is -1.40. The Bertz CT molecular complexity index is 1170. The molecule has 1 heterocycles. The molecule has 6 N–H and O–H groups in total. The van der Waals surface area contributed by atoms with Crippen LogP contribution in [0.15, 0.2) is 48.2 Å². The lowest BCUT2D eigenvalue weighted by Gasteiger charge is -2.21. The zero-order valence-corrected chi connectivity index (χ0v) is 21.9. The summed E-state index contributed by atoms with van der Waals surface area (Å²) in [5.41, 5.74) is 18.7. The summed E-state index contributed by atoms with van der Waals surface area (Å²) in [6.45, 7) is 10.1. The van der Waals surface area contributed by atoms with Crippen LogP contribution in [0.1, 0.15) is 43.1 Å². The van der Waals surface area contributed by atoms with E-state index < -0.39 is 11.7 Å². The van der Waals surface area contributed by atoms with Gasteiger partial charge in [0, 0.05) is 62.4 Å². The molecule has 1 aromatic carbocycles. The van der Waals surface area contributed by atoms with Crippen LogP contribution in [0, 0.1) is 5.82 Å². The first-order chi connectivity index (χ1) is 17.0. The number of pyridine rings is 1. The van der Waals surface area contributed by atoms with E-state index in [1.807, 2.05) is 57.1 Å². The molecule has 2 rings (SSSR count). The predicted molar refractivity (Wildman–Crippen MR) is 146 cm³/mol. The van der Waals surface area contributed by atoms with Crippen LogP contribution >= 0.6 is 0 Å². The largest absolute Gasteiger partial charge is 0.384 e. The molecule has 0 bridgehead atoms. The summed E-state index contributed by atoms with van der Waals surface area (Å²) in [7, 11) is 5.55. The van der Waals surface area contributed by atoms with Crippen LogP contribution in [0.25, 0.3) is 5.57 Å². The van der Waals surface area contributed by atoms with E-state index in [1.165, 1.54) is 0 Å². The molecule has 194 valence electrons. The standard InChI is InChI=1S/C27H37FN6O2/c1-8-19(13-16(2)11-12-36-7)21-14-20(9-10-24(21)34(5)6)32-26-22(25(30)35)15-23(28)27(33-26)31-18(4)17(3)29/h9-10,13-15,17-18H,1,11-12,29H2,2-7H3,(H2,30,35)(H2,31,32,33)/b16-13-/t17-,18+/m0/s1. The molecule has 8 nitrogen and oxygen atoms in total. The van der Waals surface area contributed by atoms with Gasteiger partial charge in [-0.15, -0.1) is 5.73 Å². The van der Waals surface area contributed by atoms with Crippen LogP contribution in [0.5, 0.6) is 0 Å². The molecule has 0 fully saturated rings. The number of halogens is 1. The Morgan fingerprint density at radius 1 is 1.28 bits per heavy atom. The van der Waals surface area contributed by atoms with E-state index in [2.05, 4.69) is 27.9 Å². The van der Waals surface area contributed by atoms with Crippen LogP contribution in [-0.2, 0) is 4.74 Å². The predicted octanol–water partition coefficient (Wildman–Crippen LogP) is 4.43. The SMILES string of the molecule is C=C=C(/C=C(/C)CCOC)c1cc(Nc2nc(N[C@H](C)[C@H](C)N)c(F)cc2C(N)=O)ccc1N(C)C. The highest BCUT2D eigenvalue weighted by Gasteiger charge is 2.19. The van der Waals surface area contributed by atoms with Gasteiger partial charge in [-0.2, -0.15) is 0 Å². The maximum Gasteiger partial charge on any atom is 0.252 e. The van der Waals surface area contributed by atoms with Gasteiger partial charge in [-0.05, 0) is 57.5 Å². The number of aromatic nitrogens is 1. The van der Waals surface area contributed by atoms with E-state index in [0.29, 0.717) is 12.3 Å². The van der Waals surface area contributed by atoms with Crippen molar-refractivity contribution in [3.05, 3.63) is 65.2 Å². The quantitative estimate of drug-likeness (QED) is 0.254. The Hall–Kier alpha value is -3.65. The number of carbonyl (C=O) groups excluding carboxylic acids is 1. The minimum absolute atomic E-state index is 0.0270. The molecular weight excluding hydrogens is 459 g/mol. The maximum atomic E-state index is 14.7. The van der Waals surface area contributed by atoms with Gasteiger partial charge in [0.2, 0.25) is 0 Å². The number of nitrogens with two attached hydrogens (primary N) is 2. The number of amides is 1. The van der Waals surface area contributed by atoms with Gasteiger partial charge in [0.25, 0.3) is 5.91 Å². The summed E-state index contributed by atoms with van der Waals surface area (Å²) in [5, 5.41) is 6.08. The third-order valence-corrected chi connectivity index (χ3v) is 5.71. The Labute approximate surface area is 212 Å². The van der Waals surface area contributed by atoms with Crippen LogP contribution in [-0.4, -0.2) is 50.8 Å². The minimum Gasteiger partial charge on any atom is -0.384 e. The van der Waals surface area contributed by atoms with E-state index >= 15 is 0 Å². The molecule has 0 aliphatic heterocycles. The van der Waals surface area contributed by atoms with Crippen LogP contribution in [0.3, 0.4) is 0 Å². The molecule has 1 aromatic heterocycles. The lowest BCUT2D eigenvalue weighted by Crippen LogP contribution is -2.35. The van der Waals surface area contributed by atoms with Gasteiger partial charge in [0.15, 0.2) is 11.6 Å². The lowest BCUT2D eigenvalue weighted by molar-refractivity contribution is 0.100. The molecule has 36 heavy (non-hydrogen) atoms. The normalized spacial score (nSPS) is 12.9. The molecule has 0 unspecified atom stereocenters. The van der Waals surface area contributed by atoms with Gasteiger partial charge in [0.1, 0.15) is 5.82 Å². The van der Waals surface area contributed by atoms with Gasteiger partial charge in [-0.3, -0.25) is 4.79 Å². The number of primary amides is 1. The molecule has 2 atom stereocenters. The fourth-order valence-corrected chi connectivity index (χ4v) is 3.38. The number of rotatable bonds is 12. The second-order valence-electron chi connectivity index (χ2n) is 8.95. The Kier molecular flexibility index (Phi) is 10.2. The number of nitrogens with one attached hydrogen (secondary N) is 2. The molecule has 0 spiro atoms. The van der Waals surface area contributed by atoms with Gasteiger partial charge in [0.05, 0.1) is 5.56 Å². The summed E-state index contributed by atoms with van der Waals surface area (Å²) < 4.78 is 19.9. The van der Waals surface area contributed by atoms with Crippen molar-refractivity contribution >= 4 is 34.5 Å². The zero-order valence-electron chi connectivity index (χ0n) is 21.9. The van der Waals surface area contributed by atoms with Crippen LogP contribution < -0.4 is 27.0 Å². The highest BCUT2D eigenvalue weighted by molar-refractivity contribution is 5.99. The van der Waals surface area contributed by atoms with E-state index in [0.717, 1.165) is 34.9 Å². The van der Waals surface area contributed by atoms with Crippen molar-refractivity contribution in [1.82, 2.24) is 4.98 Å². The van der Waals surface area contributed by atoms with Crippen molar-refractivity contribution in [3.63, 3.8) is 0 Å². The number of allylic oxidation sites excluding steroid dienone is 2. The average Bonchev–Trinajstić information content (AvgIpc) is 2.82. The van der Waals surface area contributed by atoms with E-state index in [-0.39, 0.29) is 29.3 Å². The first-order valence-electron chi connectivity index (χ1n) is 11.7. The molecule has 0 aliphatic rings. The topological polar surface area (TPSA) is 119 Å². The van der Waals surface area contributed by atoms with Gasteiger partial charge >= 0.3 is 0 Å². The molecule has 0 saturated carbocycles. The number of hydrogen-bond acceptors (Lipinski definition) is 7. The molecular formula is C27H37FN6O2. The number of anilines is 4.